The van der Waals surface area contributed by atoms with Gasteiger partial charge in [-0.15, -0.1) is 0 Å². The molecule has 5 rings (SSSR count). The number of barbiturate groups is 1. The number of carbonyl (C=O) groups excluding carboxylic acids is 3. The van der Waals surface area contributed by atoms with Crippen molar-refractivity contribution in [3.8, 4) is 23.0 Å². The average molecular weight is 736 g/mol. The first-order chi connectivity index (χ1) is 21.8. The summed E-state index contributed by atoms with van der Waals surface area (Å²) in [5.41, 5.74) is 2.55. The van der Waals surface area contributed by atoms with Crippen molar-refractivity contribution in [2.45, 2.75) is 20.1 Å². The Bertz CT molecular complexity index is 1740. The number of nitrogens with zero attached hydrogens (tertiary/aromatic N) is 1. The molecule has 1 fully saturated rings. The van der Waals surface area contributed by atoms with E-state index < -0.39 is 17.8 Å². The van der Waals surface area contributed by atoms with Crippen LogP contribution in [0, 0.1) is 0 Å². The Morgan fingerprint density at radius 2 is 1.47 bits per heavy atom. The van der Waals surface area contributed by atoms with Gasteiger partial charge in [0.05, 0.1) is 28.3 Å². The van der Waals surface area contributed by atoms with Gasteiger partial charge in [0, 0.05) is 0 Å². The van der Waals surface area contributed by atoms with Gasteiger partial charge in [0.15, 0.2) is 11.5 Å². The van der Waals surface area contributed by atoms with Crippen molar-refractivity contribution in [1.29, 1.82) is 0 Å². The summed E-state index contributed by atoms with van der Waals surface area (Å²) in [5.74, 6) is 0.803. The molecular formula is C34H28Br2N2O7. The molecule has 4 amide bonds. The van der Waals surface area contributed by atoms with Crippen LogP contribution in [0.1, 0.15) is 23.6 Å². The normalized spacial score (nSPS) is 13.9. The second-order valence-electron chi connectivity index (χ2n) is 9.75. The average Bonchev–Trinajstić information content (AvgIpc) is 3.03. The Morgan fingerprint density at radius 1 is 0.778 bits per heavy atom. The highest BCUT2D eigenvalue weighted by Crippen LogP contribution is 2.37. The minimum Gasteiger partial charge on any atom is -0.497 e. The van der Waals surface area contributed by atoms with Crippen LogP contribution in [0.25, 0.3) is 6.08 Å². The van der Waals surface area contributed by atoms with Crippen molar-refractivity contribution < 1.29 is 33.3 Å². The van der Waals surface area contributed by atoms with Crippen LogP contribution in [0.5, 0.6) is 23.0 Å². The van der Waals surface area contributed by atoms with E-state index in [-0.39, 0.29) is 12.2 Å². The number of imide groups is 2. The first-order valence-electron chi connectivity index (χ1n) is 13.9. The van der Waals surface area contributed by atoms with Gasteiger partial charge in [-0.2, -0.15) is 0 Å². The number of benzene rings is 4. The van der Waals surface area contributed by atoms with Crippen LogP contribution in [0.3, 0.4) is 0 Å². The highest BCUT2D eigenvalue weighted by atomic mass is 79.9. The Labute approximate surface area is 277 Å². The lowest BCUT2D eigenvalue weighted by Gasteiger charge is -2.26. The summed E-state index contributed by atoms with van der Waals surface area (Å²) in [7, 11) is 1.51. The van der Waals surface area contributed by atoms with E-state index in [1.807, 2.05) is 55.5 Å². The number of hydrogen-bond acceptors (Lipinski definition) is 7. The molecule has 1 aliphatic rings. The largest absolute Gasteiger partial charge is 0.497 e. The molecule has 1 N–H and O–H groups in total. The molecule has 0 aromatic heterocycles. The number of rotatable bonds is 11. The molecule has 1 saturated heterocycles. The molecule has 0 atom stereocenters. The molecule has 4 aromatic carbocycles. The maximum atomic E-state index is 13.3. The van der Waals surface area contributed by atoms with Gasteiger partial charge >= 0.3 is 6.03 Å². The van der Waals surface area contributed by atoms with E-state index in [2.05, 4.69) is 37.2 Å². The summed E-state index contributed by atoms with van der Waals surface area (Å²) >= 11 is 7.08. The van der Waals surface area contributed by atoms with Gasteiger partial charge in [0.25, 0.3) is 11.8 Å². The summed E-state index contributed by atoms with van der Waals surface area (Å²) in [6.07, 6.45) is 1.42. The van der Waals surface area contributed by atoms with Crippen molar-refractivity contribution >= 4 is 61.5 Å². The number of amides is 4. The zero-order valence-electron chi connectivity index (χ0n) is 24.3. The van der Waals surface area contributed by atoms with Gasteiger partial charge in [-0.1, -0.05) is 36.4 Å². The predicted molar refractivity (Wildman–Crippen MR) is 177 cm³/mol. The molecule has 1 heterocycles. The zero-order valence-corrected chi connectivity index (χ0v) is 27.5. The first kappa shape index (κ1) is 31.8. The van der Waals surface area contributed by atoms with Crippen LogP contribution in [0.2, 0.25) is 0 Å². The van der Waals surface area contributed by atoms with Gasteiger partial charge in [-0.05, 0) is 110 Å². The van der Waals surface area contributed by atoms with Gasteiger partial charge in [0.2, 0.25) is 0 Å². The predicted octanol–water partition coefficient (Wildman–Crippen LogP) is 7.44. The number of hydrogen-bond donors (Lipinski definition) is 1. The molecule has 11 heteroatoms. The van der Waals surface area contributed by atoms with Gasteiger partial charge < -0.3 is 18.9 Å². The number of urea groups is 1. The third kappa shape index (κ3) is 7.55. The van der Waals surface area contributed by atoms with Crippen LogP contribution in [0.4, 0.5) is 10.5 Å². The SMILES string of the molecule is CCOc1cc(COc2c(Br)cc(/C=C3\C(=O)NC(=O)N(c4ccc(OC)cc4)C3=O)cc2Br)ccc1OCc1ccccc1. The quantitative estimate of drug-likeness (QED) is 0.126. The maximum Gasteiger partial charge on any atom is 0.335 e. The second-order valence-corrected chi connectivity index (χ2v) is 11.5. The maximum absolute atomic E-state index is 13.3. The molecule has 9 nitrogen and oxygen atoms in total. The lowest BCUT2D eigenvalue weighted by molar-refractivity contribution is -0.122. The van der Waals surface area contributed by atoms with E-state index in [1.165, 1.54) is 13.2 Å². The molecule has 0 unspecified atom stereocenters. The summed E-state index contributed by atoms with van der Waals surface area (Å²) in [4.78, 5) is 39.4. The Hall–Kier alpha value is -4.61. The highest BCUT2D eigenvalue weighted by molar-refractivity contribution is 9.11. The van der Waals surface area contributed by atoms with Crippen molar-refractivity contribution in [3.63, 3.8) is 0 Å². The second kappa shape index (κ2) is 14.4. The number of carbonyl (C=O) groups is 3. The van der Waals surface area contributed by atoms with Crippen LogP contribution in [-0.4, -0.2) is 31.6 Å². The minimum atomic E-state index is -0.832. The third-order valence-corrected chi connectivity index (χ3v) is 7.87. The number of methoxy groups -OCH3 is 1. The monoisotopic (exact) mass is 734 g/mol. The Kier molecular flexibility index (Phi) is 10.2. The lowest BCUT2D eigenvalue weighted by atomic mass is 10.1. The highest BCUT2D eigenvalue weighted by Gasteiger charge is 2.36. The van der Waals surface area contributed by atoms with Crippen molar-refractivity contribution in [3.05, 3.63) is 116 Å². The van der Waals surface area contributed by atoms with E-state index in [4.69, 9.17) is 18.9 Å². The topological polar surface area (TPSA) is 103 Å². The molecule has 0 bridgehead atoms. The fourth-order valence-electron chi connectivity index (χ4n) is 4.51. The molecule has 0 spiro atoms. The molecular weight excluding hydrogens is 708 g/mol. The minimum absolute atomic E-state index is 0.198. The van der Waals surface area contributed by atoms with Crippen LogP contribution < -0.4 is 29.2 Å². The molecule has 45 heavy (non-hydrogen) atoms. The van der Waals surface area contributed by atoms with Crippen LogP contribution in [-0.2, 0) is 22.8 Å². The van der Waals surface area contributed by atoms with E-state index in [0.717, 1.165) is 16.0 Å². The first-order valence-corrected chi connectivity index (χ1v) is 15.5. The summed E-state index contributed by atoms with van der Waals surface area (Å²) in [6.45, 7) is 3.04. The fraction of sp³-hybridized carbons (Fsp3) is 0.147. The van der Waals surface area contributed by atoms with Crippen molar-refractivity contribution in [1.82, 2.24) is 5.32 Å². The molecule has 0 radical (unpaired) electrons. The van der Waals surface area contributed by atoms with Crippen LogP contribution >= 0.6 is 31.9 Å². The summed E-state index contributed by atoms with van der Waals surface area (Å²) in [5, 5.41) is 2.23. The number of anilines is 1. The third-order valence-electron chi connectivity index (χ3n) is 6.69. The van der Waals surface area contributed by atoms with Gasteiger partial charge in [-0.3, -0.25) is 14.9 Å². The number of halogens is 2. The van der Waals surface area contributed by atoms with Gasteiger partial charge in [-0.25, -0.2) is 9.69 Å². The van der Waals surface area contributed by atoms with Crippen molar-refractivity contribution in [2.24, 2.45) is 0 Å². The smallest absolute Gasteiger partial charge is 0.335 e. The van der Waals surface area contributed by atoms with Crippen LogP contribution in [0.15, 0.2) is 99.4 Å². The summed E-state index contributed by atoms with van der Waals surface area (Å²) in [6, 6.07) is 24.5. The van der Waals surface area contributed by atoms with E-state index in [0.29, 0.717) is 56.4 Å². The van der Waals surface area contributed by atoms with E-state index >= 15 is 0 Å². The zero-order chi connectivity index (χ0) is 31.9. The van der Waals surface area contributed by atoms with E-state index in [9.17, 15) is 14.4 Å². The molecule has 0 saturated carbocycles. The Morgan fingerprint density at radius 3 is 2.13 bits per heavy atom. The lowest BCUT2D eigenvalue weighted by Crippen LogP contribution is -2.54. The number of nitrogens with one attached hydrogen (secondary N) is 1. The molecule has 0 aliphatic carbocycles. The van der Waals surface area contributed by atoms with Gasteiger partial charge in [0.1, 0.15) is 30.3 Å². The molecule has 1 aliphatic heterocycles. The molecule has 4 aromatic rings. The Balaban J connectivity index is 1.31. The summed E-state index contributed by atoms with van der Waals surface area (Å²) < 4.78 is 24.3. The standard InChI is InChI=1S/C34H28Br2N2O7/c1-3-43-30-18-22(9-14-29(30)44-19-21-7-5-4-6-8-21)20-45-31-27(35)16-23(17-28(31)36)15-26-32(39)37-34(41)38(33(26)40)24-10-12-25(42-2)13-11-24/h4-18H,3,19-20H2,1-2H3,(H,37,39,41)/b26-15+. The van der Waals surface area contributed by atoms with E-state index in [1.54, 1.807) is 36.4 Å². The number of ether oxygens (including phenoxy) is 4. The molecule has 230 valence electrons. The fourth-order valence-corrected chi connectivity index (χ4v) is 5.96. The van der Waals surface area contributed by atoms with Crippen molar-refractivity contribution in [2.75, 3.05) is 18.6 Å².